The maximum absolute atomic E-state index is 6.05. The van der Waals surface area contributed by atoms with Crippen LogP contribution in [0.1, 0.15) is 0 Å². The molecule has 0 spiro atoms. The first-order chi connectivity index (χ1) is 12.1. The van der Waals surface area contributed by atoms with Gasteiger partial charge in [-0.15, -0.1) is 11.3 Å². The number of ether oxygens (including phenoxy) is 1. The van der Waals surface area contributed by atoms with Crippen LogP contribution in [0.15, 0.2) is 41.9 Å². The first-order valence-corrected chi connectivity index (χ1v) is 8.75. The Morgan fingerprint density at radius 1 is 1.20 bits per heavy atom. The summed E-state index contributed by atoms with van der Waals surface area (Å²) in [6.07, 6.45) is 1.71. The normalized spacial score (nSPS) is 11.0. The molecule has 1 aromatic carbocycles. The van der Waals surface area contributed by atoms with E-state index in [1.54, 1.807) is 19.4 Å². The van der Waals surface area contributed by atoms with Gasteiger partial charge in [0.1, 0.15) is 5.69 Å². The second-order valence-corrected chi connectivity index (χ2v) is 6.67. The van der Waals surface area contributed by atoms with E-state index in [1.807, 2.05) is 41.3 Å². The lowest BCUT2D eigenvalue weighted by Crippen LogP contribution is -1.94. The number of aromatic nitrogens is 4. The van der Waals surface area contributed by atoms with E-state index in [2.05, 4.69) is 20.3 Å². The molecule has 126 valence electrons. The summed E-state index contributed by atoms with van der Waals surface area (Å²) >= 11 is 7.56. The van der Waals surface area contributed by atoms with Gasteiger partial charge in [-0.3, -0.25) is 0 Å². The lowest BCUT2D eigenvalue weighted by molar-refractivity contribution is 0.398. The number of hydrogen-bond acceptors (Lipinski definition) is 6. The molecule has 3 aromatic heterocycles. The zero-order chi connectivity index (χ0) is 17.4. The van der Waals surface area contributed by atoms with Gasteiger partial charge in [-0.25, -0.2) is 15.0 Å². The van der Waals surface area contributed by atoms with Crippen molar-refractivity contribution in [2.24, 2.45) is 7.05 Å². The van der Waals surface area contributed by atoms with E-state index in [0.29, 0.717) is 10.9 Å². The maximum Gasteiger partial charge on any atom is 0.213 e. The van der Waals surface area contributed by atoms with Gasteiger partial charge in [0.05, 0.1) is 30.0 Å². The highest BCUT2D eigenvalue weighted by Gasteiger charge is 2.13. The largest absolute Gasteiger partial charge is 0.481 e. The van der Waals surface area contributed by atoms with E-state index >= 15 is 0 Å². The number of pyridine rings is 1. The van der Waals surface area contributed by atoms with Gasteiger partial charge in [0, 0.05) is 23.5 Å². The number of fused-ring (bicyclic) bond motifs is 1. The molecule has 0 radical (unpaired) electrons. The molecule has 0 unspecified atom stereocenters. The monoisotopic (exact) mass is 371 g/mol. The van der Waals surface area contributed by atoms with Crippen molar-refractivity contribution in [3.63, 3.8) is 0 Å². The number of rotatable bonds is 4. The second-order valence-electron chi connectivity index (χ2n) is 5.38. The van der Waals surface area contributed by atoms with Gasteiger partial charge in [-0.2, -0.15) is 0 Å². The number of thiazole rings is 1. The molecule has 3 heterocycles. The van der Waals surface area contributed by atoms with E-state index in [-0.39, 0.29) is 0 Å². The Hall–Kier alpha value is -2.64. The Balaban J connectivity index is 1.63. The Labute approximate surface area is 153 Å². The number of halogens is 1. The number of aryl methyl sites for hydroxylation is 1. The van der Waals surface area contributed by atoms with E-state index in [4.69, 9.17) is 16.3 Å². The smallest absolute Gasteiger partial charge is 0.213 e. The van der Waals surface area contributed by atoms with E-state index in [9.17, 15) is 0 Å². The summed E-state index contributed by atoms with van der Waals surface area (Å²) in [5.41, 5.74) is 3.52. The third kappa shape index (κ3) is 3.04. The summed E-state index contributed by atoms with van der Waals surface area (Å²) in [5, 5.41) is 6.65. The SMILES string of the molecule is COc1ccc(Nc2nc(-c3nc4cc(Cl)ccc4n3C)cs2)cn1. The molecular formula is C17H14ClN5OS. The van der Waals surface area contributed by atoms with Crippen molar-refractivity contribution in [3.8, 4) is 17.4 Å². The van der Waals surface area contributed by atoms with Crippen molar-refractivity contribution in [1.82, 2.24) is 19.5 Å². The van der Waals surface area contributed by atoms with Crippen LogP contribution >= 0.6 is 22.9 Å². The van der Waals surface area contributed by atoms with Crippen molar-refractivity contribution >= 4 is 44.8 Å². The summed E-state index contributed by atoms with van der Waals surface area (Å²) in [7, 11) is 3.56. The van der Waals surface area contributed by atoms with Crippen LogP contribution < -0.4 is 10.1 Å². The van der Waals surface area contributed by atoms with Crippen LogP contribution in [0.5, 0.6) is 5.88 Å². The molecule has 0 aliphatic heterocycles. The number of benzene rings is 1. The third-order valence-electron chi connectivity index (χ3n) is 3.77. The zero-order valence-electron chi connectivity index (χ0n) is 13.5. The van der Waals surface area contributed by atoms with E-state index in [1.165, 1.54) is 11.3 Å². The molecule has 0 saturated heterocycles. The van der Waals surface area contributed by atoms with Gasteiger partial charge >= 0.3 is 0 Å². The zero-order valence-corrected chi connectivity index (χ0v) is 15.1. The lowest BCUT2D eigenvalue weighted by atomic mass is 10.3. The minimum Gasteiger partial charge on any atom is -0.481 e. The van der Waals surface area contributed by atoms with Crippen molar-refractivity contribution in [2.75, 3.05) is 12.4 Å². The minimum atomic E-state index is 0.573. The van der Waals surface area contributed by atoms with Gasteiger partial charge in [0.15, 0.2) is 11.0 Å². The molecule has 4 aromatic rings. The number of anilines is 2. The summed E-state index contributed by atoms with van der Waals surface area (Å²) in [4.78, 5) is 13.5. The van der Waals surface area contributed by atoms with Gasteiger partial charge < -0.3 is 14.6 Å². The van der Waals surface area contributed by atoms with Crippen molar-refractivity contribution in [3.05, 3.63) is 46.9 Å². The van der Waals surface area contributed by atoms with Gasteiger partial charge in [-0.1, -0.05) is 11.6 Å². The summed E-state index contributed by atoms with van der Waals surface area (Å²) in [5.74, 6) is 1.37. The molecule has 0 bridgehead atoms. The molecular weight excluding hydrogens is 358 g/mol. The first kappa shape index (κ1) is 15.9. The van der Waals surface area contributed by atoms with Crippen molar-refractivity contribution < 1.29 is 4.74 Å². The first-order valence-electron chi connectivity index (χ1n) is 7.49. The van der Waals surface area contributed by atoms with Gasteiger partial charge in [0.2, 0.25) is 5.88 Å². The van der Waals surface area contributed by atoms with Crippen LogP contribution in [-0.2, 0) is 7.05 Å². The van der Waals surface area contributed by atoms with Crippen LogP contribution in [0.25, 0.3) is 22.6 Å². The van der Waals surface area contributed by atoms with Crippen LogP contribution in [0, 0.1) is 0 Å². The van der Waals surface area contributed by atoms with Gasteiger partial charge in [0.25, 0.3) is 0 Å². The van der Waals surface area contributed by atoms with Crippen molar-refractivity contribution in [1.29, 1.82) is 0 Å². The number of nitrogens with one attached hydrogen (secondary N) is 1. The highest BCUT2D eigenvalue weighted by atomic mass is 35.5. The van der Waals surface area contributed by atoms with Crippen LogP contribution in [0.3, 0.4) is 0 Å². The highest BCUT2D eigenvalue weighted by molar-refractivity contribution is 7.14. The van der Waals surface area contributed by atoms with Crippen molar-refractivity contribution in [2.45, 2.75) is 0 Å². The maximum atomic E-state index is 6.05. The quantitative estimate of drug-likeness (QED) is 0.572. The molecule has 0 aliphatic carbocycles. The molecule has 0 amide bonds. The molecule has 25 heavy (non-hydrogen) atoms. The van der Waals surface area contributed by atoms with Crippen LogP contribution in [0.2, 0.25) is 5.02 Å². The minimum absolute atomic E-state index is 0.573. The molecule has 0 saturated carbocycles. The standard InChI is InChI=1S/C17H14ClN5OS/c1-23-14-5-3-10(18)7-12(14)21-16(23)13-9-25-17(22-13)20-11-4-6-15(24-2)19-8-11/h3-9H,1-2H3,(H,20,22). The number of imidazole rings is 1. The van der Waals surface area contributed by atoms with Crippen LogP contribution in [-0.4, -0.2) is 26.6 Å². The predicted molar refractivity (Wildman–Crippen MR) is 101 cm³/mol. The fraction of sp³-hybridized carbons (Fsp3) is 0.118. The van der Waals surface area contributed by atoms with Gasteiger partial charge in [-0.05, 0) is 24.3 Å². The predicted octanol–water partition coefficient (Wildman–Crippen LogP) is 4.50. The molecule has 0 fully saturated rings. The summed E-state index contributed by atoms with van der Waals surface area (Å²) in [6, 6.07) is 9.37. The Morgan fingerprint density at radius 2 is 2.08 bits per heavy atom. The Bertz CT molecular complexity index is 1040. The Morgan fingerprint density at radius 3 is 2.84 bits per heavy atom. The fourth-order valence-corrected chi connectivity index (χ4v) is 3.41. The molecule has 0 atom stereocenters. The second kappa shape index (κ2) is 6.34. The number of methoxy groups -OCH3 is 1. The summed E-state index contributed by atoms with van der Waals surface area (Å²) < 4.78 is 7.07. The molecule has 8 heteroatoms. The Kier molecular flexibility index (Phi) is 4.03. The fourth-order valence-electron chi connectivity index (χ4n) is 2.53. The molecule has 1 N–H and O–H groups in total. The molecule has 6 nitrogen and oxygen atoms in total. The topological polar surface area (TPSA) is 64.9 Å². The molecule has 0 aliphatic rings. The van der Waals surface area contributed by atoms with E-state index in [0.717, 1.165) is 33.4 Å². The molecule has 4 rings (SSSR count). The summed E-state index contributed by atoms with van der Waals surface area (Å²) in [6.45, 7) is 0. The average molecular weight is 372 g/mol. The van der Waals surface area contributed by atoms with E-state index < -0.39 is 0 Å². The number of nitrogens with zero attached hydrogens (tertiary/aromatic N) is 4. The van der Waals surface area contributed by atoms with Crippen LogP contribution in [0.4, 0.5) is 10.8 Å². The average Bonchev–Trinajstić information content (AvgIpc) is 3.20. The lowest BCUT2D eigenvalue weighted by Gasteiger charge is -2.03. The third-order valence-corrected chi connectivity index (χ3v) is 4.77. The highest BCUT2D eigenvalue weighted by Crippen LogP contribution is 2.29. The number of hydrogen-bond donors (Lipinski definition) is 1.